The second-order valence-corrected chi connectivity index (χ2v) is 9.38. The normalized spacial score (nSPS) is 25.6. The number of carbonyl (C=O) groups excluding carboxylic acids is 1. The van der Waals surface area contributed by atoms with Crippen molar-refractivity contribution < 1.29 is 15.0 Å². The van der Waals surface area contributed by atoms with Crippen LogP contribution in [0.1, 0.15) is 42.0 Å². The van der Waals surface area contributed by atoms with Gasteiger partial charge in [0.1, 0.15) is 0 Å². The Bertz CT molecular complexity index is 1200. The molecular weight excluding hydrogens is 400 g/mol. The van der Waals surface area contributed by atoms with E-state index in [-0.39, 0.29) is 25.0 Å². The van der Waals surface area contributed by atoms with Crippen molar-refractivity contribution in [1.82, 2.24) is 4.90 Å². The summed E-state index contributed by atoms with van der Waals surface area (Å²) in [4.78, 5) is 17.7. The van der Waals surface area contributed by atoms with Gasteiger partial charge in [-0.1, -0.05) is 54.6 Å². The number of nitrogens with zero attached hydrogens (tertiary/aromatic N) is 2. The molecule has 5 heteroatoms. The summed E-state index contributed by atoms with van der Waals surface area (Å²) in [6.07, 6.45) is 2.82. The number of amides is 1. The third-order valence-corrected chi connectivity index (χ3v) is 7.76. The number of benzene rings is 3. The van der Waals surface area contributed by atoms with E-state index in [0.29, 0.717) is 11.6 Å². The fraction of sp³-hybridized carbons (Fsp3) is 0.370. The van der Waals surface area contributed by atoms with Crippen LogP contribution in [0, 0.1) is 0 Å². The fourth-order valence-electron chi connectivity index (χ4n) is 6.22. The largest absolute Gasteiger partial charge is 0.396 e. The first kappa shape index (κ1) is 19.9. The highest BCUT2D eigenvalue weighted by molar-refractivity contribution is 6.07. The third-order valence-electron chi connectivity index (χ3n) is 7.76. The molecule has 2 unspecified atom stereocenters. The molecule has 3 aliphatic rings. The minimum absolute atomic E-state index is 0.0303. The summed E-state index contributed by atoms with van der Waals surface area (Å²) in [7, 11) is 0. The van der Waals surface area contributed by atoms with Crippen LogP contribution >= 0.6 is 0 Å². The molecule has 0 aromatic heterocycles. The van der Waals surface area contributed by atoms with Crippen molar-refractivity contribution >= 4 is 22.4 Å². The lowest BCUT2D eigenvalue weighted by molar-refractivity contribution is -0.138. The molecule has 1 saturated heterocycles. The Kier molecular flexibility index (Phi) is 4.61. The van der Waals surface area contributed by atoms with Gasteiger partial charge in [0.2, 0.25) is 0 Å². The molecule has 1 aliphatic carbocycles. The molecule has 2 N–H and O–H groups in total. The van der Waals surface area contributed by atoms with Crippen LogP contribution in [0.4, 0.5) is 5.69 Å². The van der Waals surface area contributed by atoms with E-state index in [1.807, 2.05) is 29.2 Å². The van der Waals surface area contributed by atoms with E-state index in [9.17, 15) is 15.0 Å². The Hall–Kier alpha value is -2.73. The maximum atomic E-state index is 13.3. The molecule has 0 saturated carbocycles. The van der Waals surface area contributed by atoms with E-state index >= 15 is 0 Å². The van der Waals surface area contributed by atoms with E-state index in [4.69, 9.17) is 0 Å². The molecule has 32 heavy (non-hydrogen) atoms. The second kappa shape index (κ2) is 7.41. The number of hydrogen-bond donors (Lipinski definition) is 2. The number of aliphatic hydroxyl groups excluding tert-OH is 1. The molecule has 0 bridgehead atoms. The van der Waals surface area contributed by atoms with E-state index in [1.165, 1.54) is 21.9 Å². The predicted octanol–water partition coefficient (Wildman–Crippen LogP) is 3.52. The summed E-state index contributed by atoms with van der Waals surface area (Å²) >= 11 is 0. The summed E-state index contributed by atoms with van der Waals surface area (Å²) in [5.41, 5.74) is 2.66. The Balaban J connectivity index is 1.24. The van der Waals surface area contributed by atoms with Crippen molar-refractivity contribution in [3.63, 3.8) is 0 Å². The Morgan fingerprint density at radius 3 is 2.50 bits per heavy atom. The highest BCUT2D eigenvalue weighted by Crippen LogP contribution is 2.46. The zero-order valence-electron chi connectivity index (χ0n) is 18.1. The molecule has 0 spiro atoms. The van der Waals surface area contributed by atoms with Gasteiger partial charge in [-0.3, -0.25) is 9.69 Å². The summed E-state index contributed by atoms with van der Waals surface area (Å²) in [5, 5.41) is 23.4. The van der Waals surface area contributed by atoms with Gasteiger partial charge in [0.05, 0.1) is 5.69 Å². The lowest BCUT2D eigenvalue weighted by Gasteiger charge is -2.40. The van der Waals surface area contributed by atoms with Crippen LogP contribution in [-0.4, -0.2) is 46.8 Å². The highest BCUT2D eigenvalue weighted by atomic mass is 16.3. The van der Waals surface area contributed by atoms with Crippen LogP contribution in [0.5, 0.6) is 0 Å². The van der Waals surface area contributed by atoms with Crippen LogP contribution in [0.3, 0.4) is 0 Å². The van der Waals surface area contributed by atoms with E-state index in [2.05, 4.69) is 41.3 Å². The number of rotatable bonds is 4. The van der Waals surface area contributed by atoms with Gasteiger partial charge < -0.3 is 15.1 Å². The van der Waals surface area contributed by atoms with Crippen molar-refractivity contribution in [2.24, 2.45) is 0 Å². The van der Waals surface area contributed by atoms with E-state index < -0.39 is 5.60 Å². The van der Waals surface area contributed by atoms with Gasteiger partial charge in [-0.05, 0) is 47.2 Å². The monoisotopic (exact) mass is 428 g/mol. The van der Waals surface area contributed by atoms with E-state index in [0.717, 1.165) is 38.0 Å². The van der Waals surface area contributed by atoms with Crippen LogP contribution in [0.2, 0.25) is 0 Å². The van der Waals surface area contributed by atoms with Crippen LogP contribution in [-0.2, 0) is 16.8 Å². The first-order chi connectivity index (χ1) is 15.6. The Labute approximate surface area is 187 Å². The molecule has 1 amide bonds. The van der Waals surface area contributed by atoms with Crippen molar-refractivity contribution in [2.75, 3.05) is 24.6 Å². The molecule has 5 nitrogen and oxygen atoms in total. The second-order valence-electron chi connectivity index (χ2n) is 9.38. The molecule has 6 rings (SSSR count). The summed E-state index contributed by atoms with van der Waals surface area (Å²) in [6, 6.07) is 21.2. The summed E-state index contributed by atoms with van der Waals surface area (Å²) in [5.74, 6) is -0.288. The van der Waals surface area contributed by atoms with Gasteiger partial charge >= 0.3 is 0 Å². The van der Waals surface area contributed by atoms with Gasteiger partial charge in [-0.2, -0.15) is 0 Å². The quantitative estimate of drug-likeness (QED) is 0.668. The molecule has 3 aromatic carbocycles. The molecule has 1 fully saturated rings. The standard InChI is InChI=1S/C27H28N2O3/c30-16-13-27(32)22-9-1-2-10-23(22)29(26(27)31)20-11-14-28(15-12-20)24-17-19-7-3-5-18-6-4-8-21(24)25(18)19/h1-10,20,24,30,32H,11-17H2. The number of fused-ring (bicyclic) bond motifs is 1. The predicted molar refractivity (Wildman–Crippen MR) is 125 cm³/mol. The molecule has 2 atom stereocenters. The van der Waals surface area contributed by atoms with Crippen LogP contribution < -0.4 is 4.90 Å². The first-order valence-corrected chi connectivity index (χ1v) is 11.6. The lowest BCUT2D eigenvalue weighted by Crippen LogP contribution is -2.50. The van der Waals surface area contributed by atoms with Gasteiger partial charge in [-0.15, -0.1) is 0 Å². The van der Waals surface area contributed by atoms with Crippen molar-refractivity contribution in [2.45, 2.75) is 43.4 Å². The first-order valence-electron chi connectivity index (χ1n) is 11.6. The third kappa shape index (κ3) is 2.78. The average Bonchev–Trinajstić information content (AvgIpc) is 3.30. The zero-order chi connectivity index (χ0) is 21.9. The number of likely N-dealkylation sites (tertiary alicyclic amines) is 1. The fourth-order valence-corrected chi connectivity index (χ4v) is 6.22. The Morgan fingerprint density at radius 2 is 1.72 bits per heavy atom. The zero-order valence-corrected chi connectivity index (χ0v) is 18.1. The van der Waals surface area contributed by atoms with Gasteiger partial charge in [-0.25, -0.2) is 0 Å². The average molecular weight is 429 g/mol. The number of hydrogen-bond acceptors (Lipinski definition) is 4. The molecule has 2 aliphatic heterocycles. The minimum Gasteiger partial charge on any atom is -0.396 e. The molecule has 164 valence electrons. The highest BCUT2D eigenvalue weighted by Gasteiger charge is 2.51. The van der Waals surface area contributed by atoms with Crippen LogP contribution in [0.15, 0.2) is 60.7 Å². The van der Waals surface area contributed by atoms with Gasteiger partial charge in [0.25, 0.3) is 5.91 Å². The van der Waals surface area contributed by atoms with E-state index in [1.54, 1.807) is 0 Å². The lowest BCUT2D eigenvalue weighted by atomic mass is 9.92. The number of anilines is 1. The maximum Gasteiger partial charge on any atom is 0.264 e. The van der Waals surface area contributed by atoms with Crippen molar-refractivity contribution in [3.05, 3.63) is 77.4 Å². The van der Waals surface area contributed by atoms with Crippen molar-refractivity contribution in [1.29, 1.82) is 0 Å². The van der Waals surface area contributed by atoms with Gasteiger partial charge in [0, 0.05) is 43.8 Å². The maximum absolute atomic E-state index is 13.3. The Morgan fingerprint density at radius 1 is 0.969 bits per heavy atom. The molecule has 2 heterocycles. The topological polar surface area (TPSA) is 64.0 Å². The molecular formula is C27H28N2O3. The molecule has 3 aromatic rings. The summed E-state index contributed by atoms with van der Waals surface area (Å²) < 4.78 is 0. The van der Waals surface area contributed by atoms with Crippen molar-refractivity contribution in [3.8, 4) is 0 Å². The number of aliphatic hydroxyl groups is 2. The van der Waals surface area contributed by atoms with Crippen LogP contribution in [0.25, 0.3) is 10.8 Å². The summed E-state index contributed by atoms with van der Waals surface area (Å²) in [6.45, 7) is 1.62. The number of carbonyl (C=O) groups is 1. The SMILES string of the molecule is O=C1N(C2CCN(C3Cc4cccc5cccc3c45)CC2)c2ccccc2C1(O)CCO. The number of piperidine rings is 1. The molecule has 0 radical (unpaired) electrons. The minimum atomic E-state index is -1.62. The van der Waals surface area contributed by atoms with Gasteiger partial charge in [0.15, 0.2) is 5.60 Å². The smallest absolute Gasteiger partial charge is 0.264 e. The number of para-hydroxylation sites is 1.